The van der Waals surface area contributed by atoms with Crippen LogP contribution in [-0.2, 0) is 4.79 Å². The normalized spacial score (nSPS) is 16.6. The van der Waals surface area contributed by atoms with Gasteiger partial charge in [0, 0.05) is 25.9 Å². The molecule has 0 bridgehead atoms. The Morgan fingerprint density at radius 2 is 1.68 bits per heavy atom. The predicted octanol–water partition coefficient (Wildman–Crippen LogP) is 3.19. The Hall–Kier alpha value is -3.39. The SMILES string of the molecule is CN(C)/C=C1\SC(=Nc2ccc(C(=O)O)cc2)N(C(=O)c2ccccc2)C1=O. The first-order valence-corrected chi connectivity index (χ1v) is 9.10. The van der Waals surface area contributed by atoms with Crippen LogP contribution in [0.5, 0.6) is 0 Å². The van der Waals surface area contributed by atoms with Crippen LogP contribution in [0.4, 0.5) is 5.69 Å². The van der Waals surface area contributed by atoms with E-state index in [2.05, 4.69) is 4.99 Å². The Bertz CT molecular complexity index is 982. The van der Waals surface area contributed by atoms with Gasteiger partial charge in [0.2, 0.25) is 0 Å². The third-order valence-corrected chi connectivity index (χ3v) is 4.70. The van der Waals surface area contributed by atoms with Gasteiger partial charge in [0.05, 0.1) is 16.2 Å². The van der Waals surface area contributed by atoms with Gasteiger partial charge in [0.1, 0.15) is 0 Å². The molecule has 7 nitrogen and oxygen atoms in total. The molecule has 0 aromatic heterocycles. The van der Waals surface area contributed by atoms with Gasteiger partial charge in [-0.2, -0.15) is 0 Å². The van der Waals surface area contributed by atoms with Crippen molar-refractivity contribution >= 4 is 40.4 Å². The summed E-state index contributed by atoms with van der Waals surface area (Å²) in [4.78, 5) is 44.3. The summed E-state index contributed by atoms with van der Waals surface area (Å²) in [6.45, 7) is 0. The van der Waals surface area contributed by atoms with Crippen molar-refractivity contribution in [3.8, 4) is 0 Å². The zero-order valence-electron chi connectivity index (χ0n) is 15.2. The van der Waals surface area contributed by atoms with E-state index in [0.717, 1.165) is 16.7 Å². The Morgan fingerprint density at radius 3 is 2.25 bits per heavy atom. The number of amides is 2. The Labute approximate surface area is 166 Å². The smallest absolute Gasteiger partial charge is 0.335 e. The Balaban J connectivity index is 2.01. The number of aromatic carboxylic acids is 1. The number of thioether (sulfide) groups is 1. The van der Waals surface area contributed by atoms with Crippen LogP contribution in [0.15, 0.2) is 70.7 Å². The fraction of sp³-hybridized carbons (Fsp3) is 0.100. The molecule has 142 valence electrons. The van der Waals surface area contributed by atoms with E-state index in [0.29, 0.717) is 16.2 Å². The fourth-order valence-electron chi connectivity index (χ4n) is 2.45. The molecule has 2 amide bonds. The van der Waals surface area contributed by atoms with Gasteiger partial charge in [-0.15, -0.1) is 0 Å². The van der Waals surface area contributed by atoms with Crippen LogP contribution in [-0.4, -0.2) is 52.0 Å². The standard InChI is InChI=1S/C20H17N3O4S/c1-22(2)12-16-18(25)23(17(24)13-6-4-3-5-7-13)20(28-16)21-15-10-8-14(9-11-15)19(26)27/h3-12H,1-2H3,(H,26,27)/b16-12-,21-20?. The highest BCUT2D eigenvalue weighted by Gasteiger charge is 2.38. The molecule has 8 heteroatoms. The minimum absolute atomic E-state index is 0.129. The van der Waals surface area contributed by atoms with Crippen LogP contribution in [0.3, 0.4) is 0 Å². The number of carbonyl (C=O) groups excluding carboxylic acids is 2. The van der Waals surface area contributed by atoms with Crippen LogP contribution >= 0.6 is 11.8 Å². The molecule has 0 atom stereocenters. The molecule has 0 spiro atoms. The molecule has 2 aromatic rings. The van der Waals surface area contributed by atoms with Crippen molar-refractivity contribution in [2.75, 3.05) is 14.1 Å². The van der Waals surface area contributed by atoms with E-state index in [1.807, 2.05) is 0 Å². The summed E-state index contributed by atoms with van der Waals surface area (Å²) in [7, 11) is 3.56. The van der Waals surface area contributed by atoms with Gasteiger partial charge in [0.15, 0.2) is 5.17 Å². The van der Waals surface area contributed by atoms with E-state index in [1.54, 1.807) is 55.5 Å². The Morgan fingerprint density at radius 1 is 1.04 bits per heavy atom. The number of rotatable bonds is 4. The summed E-state index contributed by atoms with van der Waals surface area (Å²) < 4.78 is 0. The monoisotopic (exact) mass is 395 g/mol. The van der Waals surface area contributed by atoms with E-state index >= 15 is 0 Å². The molecule has 28 heavy (non-hydrogen) atoms. The highest BCUT2D eigenvalue weighted by Crippen LogP contribution is 2.34. The molecule has 1 N–H and O–H groups in total. The maximum absolute atomic E-state index is 12.9. The van der Waals surface area contributed by atoms with Crippen molar-refractivity contribution in [3.63, 3.8) is 0 Å². The van der Waals surface area contributed by atoms with Crippen LogP contribution < -0.4 is 0 Å². The minimum Gasteiger partial charge on any atom is -0.478 e. The van der Waals surface area contributed by atoms with Crippen molar-refractivity contribution in [1.82, 2.24) is 9.80 Å². The third kappa shape index (κ3) is 4.12. The number of carboxylic acid groups (broad SMARTS) is 1. The second kappa shape index (κ2) is 8.10. The molecule has 0 saturated carbocycles. The largest absolute Gasteiger partial charge is 0.478 e. The zero-order valence-corrected chi connectivity index (χ0v) is 16.0. The van der Waals surface area contributed by atoms with Crippen molar-refractivity contribution in [1.29, 1.82) is 0 Å². The first kappa shape index (κ1) is 19.4. The van der Waals surface area contributed by atoms with E-state index < -0.39 is 17.8 Å². The van der Waals surface area contributed by atoms with E-state index in [1.165, 1.54) is 24.3 Å². The number of carboxylic acids is 1. The summed E-state index contributed by atoms with van der Waals surface area (Å²) in [6.07, 6.45) is 1.63. The number of aliphatic imine (C=N–C) groups is 1. The van der Waals surface area contributed by atoms with Crippen molar-refractivity contribution in [2.45, 2.75) is 0 Å². The van der Waals surface area contributed by atoms with Gasteiger partial charge >= 0.3 is 5.97 Å². The number of hydrogen-bond donors (Lipinski definition) is 1. The summed E-state index contributed by atoms with van der Waals surface area (Å²) >= 11 is 1.09. The van der Waals surface area contributed by atoms with Crippen molar-refractivity contribution in [3.05, 3.63) is 76.8 Å². The van der Waals surface area contributed by atoms with Crippen molar-refractivity contribution in [2.24, 2.45) is 4.99 Å². The molecular weight excluding hydrogens is 378 g/mol. The molecule has 0 aliphatic carbocycles. The van der Waals surface area contributed by atoms with E-state index in [4.69, 9.17) is 5.11 Å². The van der Waals surface area contributed by atoms with Gasteiger partial charge in [0.25, 0.3) is 11.8 Å². The molecule has 3 rings (SSSR count). The summed E-state index contributed by atoms with van der Waals surface area (Å²) in [5.41, 5.74) is 0.943. The topological polar surface area (TPSA) is 90.3 Å². The molecule has 0 unspecified atom stereocenters. The summed E-state index contributed by atoms with van der Waals surface area (Å²) in [6, 6.07) is 14.4. The summed E-state index contributed by atoms with van der Waals surface area (Å²) in [5, 5.41) is 9.22. The van der Waals surface area contributed by atoms with Gasteiger partial charge in [-0.05, 0) is 48.2 Å². The first-order chi connectivity index (χ1) is 13.4. The van der Waals surface area contributed by atoms with Gasteiger partial charge in [-0.3, -0.25) is 9.59 Å². The highest BCUT2D eigenvalue weighted by molar-refractivity contribution is 8.18. The van der Waals surface area contributed by atoms with Crippen LogP contribution in [0.1, 0.15) is 20.7 Å². The van der Waals surface area contributed by atoms with Crippen LogP contribution in [0.2, 0.25) is 0 Å². The summed E-state index contributed by atoms with van der Waals surface area (Å²) in [5.74, 6) is -1.96. The molecular formula is C20H17N3O4S. The lowest BCUT2D eigenvalue weighted by atomic mass is 10.2. The third-order valence-electron chi connectivity index (χ3n) is 3.74. The van der Waals surface area contributed by atoms with E-state index in [9.17, 15) is 14.4 Å². The maximum Gasteiger partial charge on any atom is 0.335 e. The number of amidine groups is 1. The average Bonchev–Trinajstić information content (AvgIpc) is 2.96. The number of nitrogens with zero attached hydrogens (tertiary/aromatic N) is 3. The molecule has 1 saturated heterocycles. The second-order valence-electron chi connectivity index (χ2n) is 6.12. The quantitative estimate of drug-likeness (QED) is 0.632. The fourth-order valence-corrected chi connectivity index (χ4v) is 3.50. The number of hydrogen-bond acceptors (Lipinski definition) is 6. The lowest BCUT2D eigenvalue weighted by Crippen LogP contribution is -2.35. The average molecular weight is 395 g/mol. The number of imide groups is 1. The number of benzene rings is 2. The predicted molar refractivity (Wildman–Crippen MR) is 107 cm³/mol. The molecule has 1 fully saturated rings. The van der Waals surface area contributed by atoms with Gasteiger partial charge < -0.3 is 10.0 Å². The molecule has 1 aliphatic heterocycles. The van der Waals surface area contributed by atoms with E-state index in [-0.39, 0.29) is 10.7 Å². The van der Waals surface area contributed by atoms with Crippen molar-refractivity contribution < 1.29 is 19.5 Å². The van der Waals surface area contributed by atoms with Gasteiger partial charge in [-0.1, -0.05) is 18.2 Å². The lowest BCUT2D eigenvalue weighted by molar-refractivity contribution is -0.120. The maximum atomic E-state index is 12.9. The zero-order chi connectivity index (χ0) is 20.3. The number of carbonyl (C=O) groups is 3. The highest BCUT2D eigenvalue weighted by atomic mass is 32.2. The molecule has 2 aromatic carbocycles. The first-order valence-electron chi connectivity index (χ1n) is 8.29. The second-order valence-corrected chi connectivity index (χ2v) is 7.13. The minimum atomic E-state index is -1.04. The Kier molecular flexibility index (Phi) is 5.60. The van der Waals surface area contributed by atoms with Crippen LogP contribution in [0, 0.1) is 0 Å². The molecule has 1 heterocycles. The molecule has 0 radical (unpaired) electrons. The lowest BCUT2D eigenvalue weighted by Gasteiger charge is -2.13. The molecule has 1 aliphatic rings. The van der Waals surface area contributed by atoms with Gasteiger partial charge in [-0.25, -0.2) is 14.7 Å². The van der Waals surface area contributed by atoms with Crippen LogP contribution in [0.25, 0.3) is 0 Å².